The number of rotatable bonds is 12. The van der Waals surface area contributed by atoms with Crippen LogP contribution in [0.3, 0.4) is 0 Å². The fourth-order valence-corrected chi connectivity index (χ4v) is 5.77. The van der Waals surface area contributed by atoms with Crippen molar-refractivity contribution in [2.45, 2.75) is 89.8 Å². The van der Waals surface area contributed by atoms with Crippen LogP contribution < -0.4 is 4.74 Å². The van der Waals surface area contributed by atoms with Crippen molar-refractivity contribution in [1.29, 1.82) is 0 Å². The molecular formula is C27H40O5. The molecular weight excluding hydrogens is 404 g/mol. The van der Waals surface area contributed by atoms with E-state index in [0.717, 1.165) is 63.5 Å². The Morgan fingerprint density at radius 2 is 2.03 bits per heavy atom. The Labute approximate surface area is 192 Å². The zero-order valence-electron chi connectivity index (χ0n) is 19.5. The summed E-state index contributed by atoms with van der Waals surface area (Å²) in [7, 11) is 0. The molecule has 5 unspecified atom stereocenters. The first-order valence-electron chi connectivity index (χ1n) is 12.8. The summed E-state index contributed by atoms with van der Waals surface area (Å²) in [4.78, 5) is 12.0. The minimum atomic E-state index is -0.294. The van der Waals surface area contributed by atoms with E-state index in [2.05, 4.69) is 13.0 Å². The molecule has 0 aromatic heterocycles. The predicted molar refractivity (Wildman–Crippen MR) is 124 cm³/mol. The molecule has 0 heterocycles. The minimum Gasteiger partial charge on any atom is -0.482 e. The summed E-state index contributed by atoms with van der Waals surface area (Å²) in [5.41, 5.74) is 2.47. The SMILES string of the molecule is CCCCCC(O)CCC1C(O)CC2Cc3c(cccc3OCC(=O)OCC3CC3)CC21. The Bertz CT molecular complexity index is 758. The van der Waals surface area contributed by atoms with Crippen LogP contribution in [-0.4, -0.2) is 41.6 Å². The van der Waals surface area contributed by atoms with Gasteiger partial charge < -0.3 is 19.7 Å². The van der Waals surface area contributed by atoms with Gasteiger partial charge in [-0.2, -0.15) is 0 Å². The maximum Gasteiger partial charge on any atom is 0.344 e. The Balaban J connectivity index is 1.32. The van der Waals surface area contributed by atoms with Gasteiger partial charge in [0, 0.05) is 0 Å². The number of benzene rings is 1. The Hall–Kier alpha value is -1.59. The molecule has 32 heavy (non-hydrogen) atoms. The van der Waals surface area contributed by atoms with Gasteiger partial charge >= 0.3 is 5.97 Å². The summed E-state index contributed by atoms with van der Waals surface area (Å²) < 4.78 is 11.2. The molecule has 4 rings (SSSR count). The first-order valence-corrected chi connectivity index (χ1v) is 12.8. The lowest BCUT2D eigenvalue weighted by atomic mass is 9.73. The van der Waals surface area contributed by atoms with Crippen LogP contribution in [0, 0.1) is 23.7 Å². The summed E-state index contributed by atoms with van der Waals surface area (Å²) >= 11 is 0. The molecule has 1 aromatic rings. The summed E-state index contributed by atoms with van der Waals surface area (Å²) in [5, 5.41) is 21.2. The molecule has 0 aliphatic heterocycles. The highest BCUT2D eigenvalue weighted by Gasteiger charge is 2.44. The molecule has 1 aromatic carbocycles. The van der Waals surface area contributed by atoms with Gasteiger partial charge in [-0.25, -0.2) is 4.79 Å². The molecule has 0 amide bonds. The minimum absolute atomic E-state index is 0.0432. The number of aliphatic hydroxyl groups excluding tert-OH is 2. The van der Waals surface area contributed by atoms with Crippen LogP contribution in [0.1, 0.15) is 75.8 Å². The lowest BCUT2D eigenvalue weighted by Gasteiger charge is -2.32. The number of aliphatic hydroxyl groups is 2. The van der Waals surface area contributed by atoms with Crippen LogP contribution in [0.5, 0.6) is 5.75 Å². The highest BCUT2D eigenvalue weighted by molar-refractivity contribution is 5.71. The maximum atomic E-state index is 12.0. The molecule has 2 fully saturated rings. The van der Waals surface area contributed by atoms with Crippen molar-refractivity contribution in [2.24, 2.45) is 23.7 Å². The van der Waals surface area contributed by atoms with E-state index in [0.29, 0.717) is 24.4 Å². The topological polar surface area (TPSA) is 76.0 Å². The summed E-state index contributed by atoms with van der Waals surface area (Å²) in [5.74, 6) is 2.20. The van der Waals surface area contributed by atoms with Gasteiger partial charge in [-0.05, 0) is 92.2 Å². The number of fused-ring (bicyclic) bond motifs is 2. The number of esters is 1. The summed E-state index contributed by atoms with van der Waals surface area (Å²) in [6.45, 7) is 2.66. The van der Waals surface area contributed by atoms with E-state index in [-0.39, 0.29) is 30.7 Å². The molecule has 3 aliphatic rings. The van der Waals surface area contributed by atoms with E-state index in [4.69, 9.17) is 9.47 Å². The molecule has 0 saturated heterocycles. The Morgan fingerprint density at radius 3 is 2.81 bits per heavy atom. The van der Waals surface area contributed by atoms with Gasteiger partial charge in [0.2, 0.25) is 0 Å². The normalized spacial score (nSPS) is 27.5. The van der Waals surface area contributed by atoms with Crippen LogP contribution in [0.25, 0.3) is 0 Å². The standard InChI is InChI=1S/C27H40O5/c1-2-3-4-7-21(28)11-12-22-23-13-19-6-5-8-26(24(19)14-20(23)15-25(22)29)31-17-27(30)32-16-18-9-10-18/h5-6,8,18,20-23,25,28-29H,2-4,7,9-17H2,1H3. The summed E-state index contributed by atoms with van der Waals surface area (Å²) in [6.07, 6.45) is 10.4. The van der Waals surface area contributed by atoms with Crippen LogP contribution in [-0.2, 0) is 22.4 Å². The van der Waals surface area contributed by atoms with Crippen molar-refractivity contribution >= 4 is 5.97 Å². The fraction of sp³-hybridized carbons (Fsp3) is 0.741. The van der Waals surface area contributed by atoms with E-state index < -0.39 is 0 Å². The molecule has 5 atom stereocenters. The second kappa shape index (κ2) is 11.0. The third kappa shape index (κ3) is 6.05. The molecule has 178 valence electrons. The van der Waals surface area contributed by atoms with Gasteiger partial charge in [0.05, 0.1) is 18.8 Å². The monoisotopic (exact) mass is 444 g/mol. The second-order valence-corrected chi connectivity index (χ2v) is 10.3. The van der Waals surface area contributed by atoms with Gasteiger partial charge in [0.25, 0.3) is 0 Å². The second-order valence-electron chi connectivity index (χ2n) is 10.3. The first-order chi connectivity index (χ1) is 15.5. The zero-order valence-corrected chi connectivity index (χ0v) is 19.5. The molecule has 0 radical (unpaired) electrons. The van der Waals surface area contributed by atoms with E-state index in [1.54, 1.807) is 0 Å². The van der Waals surface area contributed by atoms with Crippen molar-refractivity contribution in [3.05, 3.63) is 29.3 Å². The smallest absolute Gasteiger partial charge is 0.344 e. The van der Waals surface area contributed by atoms with E-state index in [1.807, 2.05) is 12.1 Å². The number of carbonyl (C=O) groups excluding carboxylic acids is 1. The molecule has 3 aliphatic carbocycles. The van der Waals surface area contributed by atoms with Crippen molar-refractivity contribution in [3.63, 3.8) is 0 Å². The molecule has 5 heteroatoms. The van der Waals surface area contributed by atoms with Gasteiger partial charge in [-0.3, -0.25) is 0 Å². The van der Waals surface area contributed by atoms with Crippen LogP contribution in [0.15, 0.2) is 18.2 Å². The molecule has 0 bridgehead atoms. The molecule has 2 saturated carbocycles. The molecule has 2 N–H and O–H groups in total. The van der Waals surface area contributed by atoms with Crippen molar-refractivity contribution in [1.82, 2.24) is 0 Å². The fourth-order valence-electron chi connectivity index (χ4n) is 5.77. The quantitative estimate of drug-likeness (QED) is 0.368. The predicted octanol–water partition coefficient (Wildman–Crippen LogP) is 4.45. The van der Waals surface area contributed by atoms with Crippen molar-refractivity contribution in [3.8, 4) is 5.75 Å². The lowest BCUT2D eigenvalue weighted by Crippen LogP contribution is -2.28. The van der Waals surface area contributed by atoms with Crippen LogP contribution in [0.4, 0.5) is 0 Å². The summed E-state index contributed by atoms with van der Waals surface area (Å²) in [6, 6.07) is 6.11. The zero-order chi connectivity index (χ0) is 22.5. The third-order valence-corrected chi connectivity index (χ3v) is 7.84. The average Bonchev–Trinajstić information content (AvgIpc) is 3.56. The number of hydrogen-bond acceptors (Lipinski definition) is 5. The van der Waals surface area contributed by atoms with E-state index in [1.165, 1.54) is 24.0 Å². The van der Waals surface area contributed by atoms with Gasteiger partial charge in [0.1, 0.15) is 5.75 Å². The van der Waals surface area contributed by atoms with Crippen LogP contribution >= 0.6 is 0 Å². The highest BCUT2D eigenvalue weighted by Crippen LogP contribution is 2.48. The van der Waals surface area contributed by atoms with Gasteiger partial charge in [-0.15, -0.1) is 0 Å². The van der Waals surface area contributed by atoms with Gasteiger partial charge in [-0.1, -0.05) is 38.3 Å². The lowest BCUT2D eigenvalue weighted by molar-refractivity contribution is -0.146. The Morgan fingerprint density at radius 1 is 1.19 bits per heavy atom. The number of carbonyl (C=O) groups is 1. The molecule has 0 spiro atoms. The van der Waals surface area contributed by atoms with E-state index in [9.17, 15) is 15.0 Å². The van der Waals surface area contributed by atoms with Crippen LogP contribution in [0.2, 0.25) is 0 Å². The van der Waals surface area contributed by atoms with Crippen molar-refractivity contribution in [2.75, 3.05) is 13.2 Å². The highest BCUT2D eigenvalue weighted by atomic mass is 16.6. The molecule has 5 nitrogen and oxygen atoms in total. The van der Waals surface area contributed by atoms with E-state index >= 15 is 0 Å². The largest absolute Gasteiger partial charge is 0.482 e. The maximum absolute atomic E-state index is 12.0. The van der Waals surface area contributed by atoms with Crippen molar-refractivity contribution < 1.29 is 24.5 Å². The number of unbranched alkanes of at least 4 members (excludes halogenated alkanes) is 2. The third-order valence-electron chi connectivity index (χ3n) is 7.84. The first kappa shape index (κ1) is 23.6. The number of hydrogen-bond donors (Lipinski definition) is 2. The van der Waals surface area contributed by atoms with Gasteiger partial charge in [0.15, 0.2) is 6.61 Å². The Kier molecular flexibility index (Phi) is 8.12. The average molecular weight is 445 g/mol. The number of ether oxygens (including phenoxy) is 2.